The number of hydrogen-bond donors (Lipinski definition) is 2. The van der Waals surface area contributed by atoms with Crippen molar-refractivity contribution in [2.45, 2.75) is 25.3 Å². The van der Waals surface area contributed by atoms with E-state index < -0.39 is 0 Å². The maximum Gasteiger partial charge on any atom is 0.224 e. The fraction of sp³-hybridized carbons (Fsp3) is 0.533. The van der Waals surface area contributed by atoms with E-state index >= 15 is 0 Å². The SMILES string of the molecule is COc1cccc(OC)c1CC(=O)NCC1CCCN1. The van der Waals surface area contributed by atoms with Crippen LogP contribution in [-0.4, -0.2) is 39.3 Å². The predicted molar refractivity (Wildman–Crippen MR) is 77.3 cm³/mol. The molecule has 1 amide bonds. The molecule has 5 nitrogen and oxygen atoms in total. The van der Waals surface area contributed by atoms with E-state index in [1.54, 1.807) is 14.2 Å². The van der Waals surface area contributed by atoms with E-state index in [9.17, 15) is 4.79 Å². The lowest BCUT2D eigenvalue weighted by Crippen LogP contribution is -2.37. The molecule has 0 radical (unpaired) electrons. The van der Waals surface area contributed by atoms with Crippen molar-refractivity contribution in [1.29, 1.82) is 0 Å². The van der Waals surface area contributed by atoms with Crippen LogP contribution in [0.2, 0.25) is 0 Å². The molecule has 1 aliphatic rings. The topological polar surface area (TPSA) is 59.6 Å². The molecule has 0 spiro atoms. The summed E-state index contributed by atoms with van der Waals surface area (Å²) in [6.45, 7) is 1.72. The molecule has 2 N–H and O–H groups in total. The molecule has 1 atom stereocenters. The highest BCUT2D eigenvalue weighted by atomic mass is 16.5. The third kappa shape index (κ3) is 3.63. The summed E-state index contributed by atoms with van der Waals surface area (Å²) in [4.78, 5) is 12.1. The number of nitrogens with one attached hydrogen (secondary N) is 2. The van der Waals surface area contributed by atoms with Gasteiger partial charge in [0, 0.05) is 18.2 Å². The molecule has 0 aromatic heterocycles. The molecule has 2 rings (SSSR count). The third-order valence-corrected chi connectivity index (χ3v) is 3.58. The maximum atomic E-state index is 12.1. The van der Waals surface area contributed by atoms with Crippen LogP contribution < -0.4 is 20.1 Å². The lowest BCUT2D eigenvalue weighted by atomic mass is 10.1. The maximum absolute atomic E-state index is 12.1. The number of ether oxygens (including phenoxy) is 2. The Bertz CT molecular complexity index is 434. The molecule has 0 saturated carbocycles. The molecule has 1 fully saturated rings. The van der Waals surface area contributed by atoms with Crippen molar-refractivity contribution in [3.05, 3.63) is 23.8 Å². The van der Waals surface area contributed by atoms with Gasteiger partial charge in [0.2, 0.25) is 5.91 Å². The fourth-order valence-corrected chi connectivity index (χ4v) is 2.49. The first-order chi connectivity index (χ1) is 9.74. The normalized spacial score (nSPS) is 17.8. The first-order valence-corrected chi connectivity index (χ1v) is 6.94. The van der Waals surface area contributed by atoms with Gasteiger partial charge in [-0.15, -0.1) is 0 Å². The second kappa shape index (κ2) is 7.14. The number of amides is 1. The van der Waals surface area contributed by atoms with Crippen molar-refractivity contribution in [1.82, 2.24) is 10.6 Å². The molecule has 20 heavy (non-hydrogen) atoms. The Kier molecular flexibility index (Phi) is 5.24. The fourth-order valence-electron chi connectivity index (χ4n) is 2.49. The monoisotopic (exact) mass is 278 g/mol. The van der Waals surface area contributed by atoms with Gasteiger partial charge in [0.25, 0.3) is 0 Å². The first-order valence-electron chi connectivity index (χ1n) is 6.94. The Balaban J connectivity index is 1.95. The molecule has 1 heterocycles. The zero-order valence-corrected chi connectivity index (χ0v) is 12.1. The zero-order chi connectivity index (χ0) is 14.4. The lowest BCUT2D eigenvalue weighted by molar-refractivity contribution is -0.120. The van der Waals surface area contributed by atoms with Gasteiger partial charge in [0.05, 0.1) is 20.6 Å². The van der Waals surface area contributed by atoms with Gasteiger partial charge in [0.1, 0.15) is 11.5 Å². The minimum Gasteiger partial charge on any atom is -0.496 e. The van der Waals surface area contributed by atoms with Crippen molar-refractivity contribution in [3.63, 3.8) is 0 Å². The average Bonchev–Trinajstić information content (AvgIpc) is 2.98. The molecule has 1 saturated heterocycles. The van der Waals surface area contributed by atoms with Crippen LogP contribution in [0, 0.1) is 0 Å². The van der Waals surface area contributed by atoms with Crippen LogP contribution in [0.4, 0.5) is 0 Å². The number of benzene rings is 1. The molecule has 0 aliphatic carbocycles. The highest BCUT2D eigenvalue weighted by Crippen LogP contribution is 2.28. The molecule has 1 aromatic rings. The van der Waals surface area contributed by atoms with Gasteiger partial charge in [-0.25, -0.2) is 0 Å². The van der Waals surface area contributed by atoms with Gasteiger partial charge in [-0.3, -0.25) is 4.79 Å². The molecule has 1 aliphatic heterocycles. The number of rotatable bonds is 6. The number of carbonyl (C=O) groups excluding carboxylic acids is 1. The Morgan fingerprint density at radius 3 is 2.60 bits per heavy atom. The summed E-state index contributed by atoms with van der Waals surface area (Å²) in [7, 11) is 3.19. The molecule has 110 valence electrons. The van der Waals surface area contributed by atoms with Crippen molar-refractivity contribution < 1.29 is 14.3 Å². The standard InChI is InChI=1S/C15H22N2O3/c1-19-13-6-3-7-14(20-2)12(13)9-15(18)17-10-11-5-4-8-16-11/h3,6-7,11,16H,4-5,8-10H2,1-2H3,(H,17,18). The Labute approximate surface area is 119 Å². The van der Waals surface area contributed by atoms with Crippen LogP contribution in [-0.2, 0) is 11.2 Å². The van der Waals surface area contributed by atoms with Crippen LogP contribution in [0.5, 0.6) is 11.5 Å². The predicted octanol–water partition coefficient (Wildman–Crippen LogP) is 1.11. The van der Waals surface area contributed by atoms with Gasteiger partial charge in [-0.1, -0.05) is 6.07 Å². The van der Waals surface area contributed by atoms with Crippen LogP contribution >= 0.6 is 0 Å². The molecule has 5 heteroatoms. The van der Waals surface area contributed by atoms with Crippen LogP contribution in [0.25, 0.3) is 0 Å². The minimum absolute atomic E-state index is 0.0125. The van der Waals surface area contributed by atoms with E-state index in [4.69, 9.17) is 9.47 Å². The van der Waals surface area contributed by atoms with E-state index in [1.807, 2.05) is 18.2 Å². The summed E-state index contributed by atoms with van der Waals surface area (Å²) >= 11 is 0. The van der Waals surface area contributed by atoms with Gasteiger partial charge in [-0.2, -0.15) is 0 Å². The van der Waals surface area contributed by atoms with Crippen LogP contribution in [0.3, 0.4) is 0 Å². The zero-order valence-electron chi connectivity index (χ0n) is 12.1. The second-order valence-corrected chi connectivity index (χ2v) is 4.92. The molecular formula is C15H22N2O3. The van der Waals surface area contributed by atoms with Crippen molar-refractivity contribution in [3.8, 4) is 11.5 Å². The van der Waals surface area contributed by atoms with Crippen molar-refractivity contribution in [2.24, 2.45) is 0 Å². The minimum atomic E-state index is -0.0125. The summed E-state index contributed by atoms with van der Waals surface area (Å²) in [6.07, 6.45) is 2.57. The van der Waals surface area contributed by atoms with E-state index in [0.717, 1.165) is 18.5 Å². The van der Waals surface area contributed by atoms with Crippen molar-refractivity contribution in [2.75, 3.05) is 27.3 Å². The van der Waals surface area contributed by atoms with E-state index in [0.29, 0.717) is 24.1 Å². The number of methoxy groups -OCH3 is 2. The Morgan fingerprint density at radius 1 is 1.35 bits per heavy atom. The van der Waals surface area contributed by atoms with E-state index in [-0.39, 0.29) is 12.3 Å². The van der Waals surface area contributed by atoms with Crippen molar-refractivity contribution >= 4 is 5.91 Å². The number of hydrogen-bond acceptors (Lipinski definition) is 4. The second-order valence-electron chi connectivity index (χ2n) is 4.92. The molecule has 1 aromatic carbocycles. The lowest BCUT2D eigenvalue weighted by Gasteiger charge is -2.14. The first kappa shape index (κ1) is 14.7. The van der Waals surface area contributed by atoms with Gasteiger partial charge >= 0.3 is 0 Å². The summed E-state index contributed by atoms with van der Waals surface area (Å²) in [5, 5.41) is 6.32. The summed E-state index contributed by atoms with van der Waals surface area (Å²) in [5.41, 5.74) is 0.786. The van der Waals surface area contributed by atoms with E-state index in [2.05, 4.69) is 10.6 Å². The quantitative estimate of drug-likeness (QED) is 0.818. The van der Waals surface area contributed by atoms with Crippen LogP contribution in [0.15, 0.2) is 18.2 Å². The van der Waals surface area contributed by atoms with Gasteiger partial charge < -0.3 is 20.1 Å². The average molecular weight is 278 g/mol. The van der Waals surface area contributed by atoms with E-state index in [1.165, 1.54) is 6.42 Å². The summed E-state index contributed by atoms with van der Waals surface area (Å²) in [6, 6.07) is 5.92. The third-order valence-electron chi connectivity index (χ3n) is 3.58. The van der Waals surface area contributed by atoms with Gasteiger partial charge in [-0.05, 0) is 31.5 Å². The largest absolute Gasteiger partial charge is 0.496 e. The molecular weight excluding hydrogens is 256 g/mol. The van der Waals surface area contributed by atoms with Gasteiger partial charge in [0.15, 0.2) is 0 Å². The highest BCUT2D eigenvalue weighted by molar-refractivity contribution is 5.80. The summed E-state index contributed by atoms with van der Waals surface area (Å²) in [5.74, 6) is 1.35. The highest BCUT2D eigenvalue weighted by Gasteiger charge is 2.17. The Morgan fingerprint density at radius 2 is 2.05 bits per heavy atom. The van der Waals surface area contributed by atoms with Crippen LogP contribution in [0.1, 0.15) is 18.4 Å². The molecule has 1 unspecified atom stereocenters. The molecule has 0 bridgehead atoms. The smallest absolute Gasteiger partial charge is 0.224 e. The number of carbonyl (C=O) groups is 1. The Hall–Kier alpha value is -1.75. The summed E-state index contributed by atoms with van der Waals surface area (Å²) < 4.78 is 10.6.